The van der Waals surface area contributed by atoms with Crippen LogP contribution in [0.3, 0.4) is 0 Å². The zero-order valence-electron chi connectivity index (χ0n) is 30.0. The number of likely N-dealkylation sites (tertiary alicyclic amines) is 1. The van der Waals surface area contributed by atoms with E-state index in [1.165, 1.54) is 32.1 Å². The second kappa shape index (κ2) is 13.7. The summed E-state index contributed by atoms with van der Waals surface area (Å²) >= 11 is 0. The van der Waals surface area contributed by atoms with E-state index >= 15 is 0 Å². The van der Waals surface area contributed by atoms with Gasteiger partial charge in [0.05, 0.1) is 30.5 Å². The predicted octanol–water partition coefficient (Wildman–Crippen LogP) is 5.59. The Hall–Kier alpha value is -5.47. The maximum absolute atomic E-state index is 12.5. The molecule has 51 heavy (non-hydrogen) atoms. The predicted molar refractivity (Wildman–Crippen MR) is 195 cm³/mol. The SMILES string of the molecule is Cn1cc(-c2cnn3c(N)cc(C4CCCCC4)nc23)cn1.Cn1cc(-c2cnn3c(N)cc([C@@H]4CCCN(C(=O)OC(C)(C)C)C4)nc23)cn1. The quantitative estimate of drug-likeness (QED) is 0.237. The summed E-state index contributed by atoms with van der Waals surface area (Å²) < 4.78 is 12.4. The van der Waals surface area contributed by atoms with E-state index in [-0.39, 0.29) is 12.0 Å². The number of nitrogens with zero attached hydrogens (tertiary/aromatic N) is 11. The molecule has 4 N–H and O–H groups in total. The van der Waals surface area contributed by atoms with Crippen LogP contribution in [0, 0.1) is 0 Å². The van der Waals surface area contributed by atoms with Crippen LogP contribution in [0.2, 0.25) is 0 Å². The normalized spacial score (nSPS) is 17.1. The number of ether oxygens (including phenoxy) is 1. The van der Waals surface area contributed by atoms with Crippen molar-refractivity contribution in [3.63, 3.8) is 0 Å². The first kappa shape index (κ1) is 34.0. The number of carbonyl (C=O) groups is 1. The molecule has 0 radical (unpaired) electrons. The highest BCUT2D eigenvalue weighted by molar-refractivity contribution is 5.78. The molecule has 1 atom stereocenters. The summed E-state index contributed by atoms with van der Waals surface area (Å²) in [5, 5.41) is 17.2. The van der Waals surface area contributed by atoms with Crippen LogP contribution >= 0.6 is 0 Å². The Balaban J connectivity index is 0.000000165. The Kier molecular flexibility index (Phi) is 9.12. The Morgan fingerprint density at radius 1 is 0.725 bits per heavy atom. The van der Waals surface area contributed by atoms with Crippen molar-refractivity contribution in [1.82, 2.24) is 53.7 Å². The summed E-state index contributed by atoms with van der Waals surface area (Å²) in [6, 6.07) is 3.85. The van der Waals surface area contributed by atoms with Crippen molar-refractivity contribution in [1.29, 1.82) is 0 Å². The highest BCUT2D eigenvalue weighted by Crippen LogP contribution is 2.34. The van der Waals surface area contributed by atoms with E-state index in [1.54, 1.807) is 35.7 Å². The van der Waals surface area contributed by atoms with E-state index < -0.39 is 5.60 Å². The number of nitrogens with two attached hydrogens (primary N) is 2. The lowest BCUT2D eigenvalue weighted by Gasteiger charge is -2.34. The molecule has 15 nitrogen and oxygen atoms in total. The number of piperidine rings is 1. The lowest BCUT2D eigenvalue weighted by atomic mass is 9.87. The zero-order valence-corrected chi connectivity index (χ0v) is 30.0. The molecule has 1 amide bonds. The third kappa shape index (κ3) is 7.23. The first-order chi connectivity index (χ1) is 24.4. The molecule has 6 aromatic heterocycles. The third-order valence-corrected chi connectivity index (χ3v) is 9.58. The first-order valence-electron chi connectivity index (χ1n) is 17.7. The van der Waals surface area contributed by atoms with Gasteiger partial charge in [-0.2, -0.15) is 29.4 Å². The van der Waals surface area contributed by atoms with Gasteiger partial charge in [0, 0.05) is 91.5 Å². The fourth-order valence-corrected chi connectivity index (χ4v) is 7.07. The van der Waals surface area contributed by atoms with E-state index in [2.05, 4.69) is 20.4 Å². The number of amides is 1. The first-order valence-corrected chi connectivity index (χ1v) is 17.7. The molecule has 1 saturated carbocycles. The summed E-state index contributed by atoms with van der Waals surface area (Å²) in [4.78, 5) is 24.0. The molecule has 268 valence electrons. The van der Waals surface area contributed by atoms with Crippen molar-refractivity contribution >= 4 is 29.0 Å². The minimum Gasteiger partial charge on any atom is -0.444 e. The highest BCUT2D eigenvalue weighted by Gasteiger charge is 2.30. The van der Waals surface area contributed by atoms with Crippen LogP contribution in [-0.2, 0) is 18.8 Å². The largest absolute Gasteiger partial charge is 0.444 e. The van der Waals surface area contributed by atoms with Gasteiger partial charge >= 0.3 is 6.09 Å². The zero-order chi connectivity index (χ0) is 35.9. The number of aryl methyl sites for hydroxylation is 2. The lowest BCUT2D eigenvalue weighted by molar-refractivity contribution is 0.0197. The van der Waals surface area contributed by atoms with Gasteiger partial charge in [0.15, 0.2) is 11.3 Å². The van der Waals surface area contributed by atoms with Crippen molar-refractivity contribution in [2.24, 2.45) is 14.1 Å². The molecule has 0 aromatic carbocycles. The molecule has 0 spiro atoms. The van der Waals surface area contributed by atoms with Crippen molar-refractivity contribution in [2.45, 2.75) is 83.2 Å². The average molecular weight is 694 g/mol. The molecule has 2 fully saturated rings. The van der Waals surface area contributed by atoms with Crippen molar-refractivity contribution in [3.05, 3.63) is 60.7 Å². The number of nitrogen functional groups attached to an aromatic ring is 2. The van der Waals surface area contributed by atoms with Gasteiger partial charge in [-0.1, -0.05) is 19.3 Å². The van der Waals surface area contributed by atoms with Gasteiger partial charge in [0.25, 0.3) is 0 Å². The summed E-state index contributed by atoms with van der Waals surface area (Å²) in [6.07, 6.45) is 19.0. The van der Waals surface area contributed by atoms with E-state index in [0.29, 0.717) is 36.3 Å². The van der Waals surface area contributed by atoms with Crippen molar-refractivity contribution in [2.75, 3.05) is 24.6 Å². The van der Waals surface area contributed by atoms with Crippen molar-refractivity contribution in [3.8, 4) is 22.3 Å². The van der Waals surface area contributed by atoms with Crippen molar-refractivity contribution < 1.29 is 9.53 Å². The fraction of sp³-hybridized carbons (Fsp3) is 0.472. The summed E-state index contributed by atoms with van der Waals surface area (Å²) in [5.41, 5.74) is 19.3. The van der Waals surface area contributed by atoms with Crippen LogP contribution in [-0.4, -0.2) is 78.4 Å². The summed E-state index contributed by atoms with van der Waals surface area (Å²) in [5.74, 6) is 1.80. The number of rotatable bonds is 4. The Morgan fingerprint density at radius 2 is 1.24 bits per heavy atom. The van der Waals surface area contributed by atoms with Gasteiger partial charge in [0.1, 0.15) is 17.2 Å². The minimum atomic E-state index is -0.512. The van der Waals surface area contributed by atoms with Crippen LogP contribution < -0.4 is 11.5 Å². The number of hydrogen-bond donors (Lipinski definition) is 2. The van der Waals surface area contributed by atoms with E-state index in [9.17, 15) is 4.79 Å². The summed E-state index contributed by atoms with van der Waals surface area (Å²) in [6.45, 7) is 6.89. The second-order valence-electron chi connectivity index (χ2n) is 14.7. The fourth-order valence-electron chi connectivity index (χ4n) is 7.07. The molecule has 8 rings (SSSR count). The standard InChI is InChI=1S/C20H27N7O2.C16H20N6/c1-20(2,3)29-19(28)26-7-5-6-13(12-26)16-8-17(21)27-18(24-16)15(10-23-27)14-9-22-25(4)11-14;1-21-10-12(8-18-21)13-9-19-22-15(17)7-14(20-16(13)22)11-5-3-2-4-6-11/h8-11,13H,5-7,12,21H2,1-4H3;7-11H,2-6,17H2,1H3/t13-;/m1./s1. The van der Waals surface area contributed by atoms with Crippen LogP contribution in [0.1, 0.15) is 88.9 Å². The number of aromatic nitrogens is 10. The molecule has 0 bridgehead atoms. The van der Waals surface area contributed by atoms with E-state index in [0.717, 1.165) is 52.1 Å². The topological polar surface area (TPSA) is 178 Å². The molecular weight excluding hydrogens is 646 g/mol. The monoisotopic (exact) mass is 693 g/mol. The van der Waals surface area contributed by atoms with Gasteiger partial charge in [-0.3, -0.25) is 9.36 Å². The maximum atomic E-state index is 12.5. The van der Waals surface area contributed by atoms with Crippen LogP contribution in [0.25, 0.3) is 33.5 Å². The van der Waals surface area contributed by atoms with Gasteiger partial charge < -0.3 is 21.1 Å². The van der Waals surface area contributed by atoms with Gasteiger partial charge in [-0.05, 0) is 46.5 Å². The number of carbonyl (C=O) groups excluding carboxylic acids is 1. The van der Waals surface area contributed by atoms with Crippen LogP contribution in [0.4, 0.5) is 16.4 Å². The van der Waals surface area contributed by atoms with Crippen LogP contribution in [0.15, 0.2) is 49.3 Å². The molecular formula is C36H47N13O2. The molecule has 7 heterocycles. The average Bonchev–Trinajstić information content (AvgIpc) is 3.91. The Morgan fingerprint density at radius 3 is 1.73 bits per heavy atom. The molecule has 2 aliphatic rings. The third-order valence-electron chi connectivity index (χ3n) is 9.58. The summed E-state index contributed by atoms with van der Waals surface area (Å²) in [7, 11) is 3.78. The molecule has 15 heteroatoms. The smallest absolute Gasteiger partial charge is 0.410 e. The highest BCUT2D eigenvalue weighted by atomic mass is 16.6. The molecule has 6 aromatic rings. The number of anilines is 2. The van der Waals surface area contributed by atoms with Gasteiger partial charge in [-0.25, -0.2) is 14.8 Å². The lowest BCUT2D eigenvalue weighted by Crippen LogP contribution is -2.42. The van der Waals surface area contributed by atoms with Gasteiger partial charge in [-0.15, -0.1) is 0 Å². The number of hydrogen-bond acceptors (Lipinski definition) is 10. The second-order valence-corrected chi connectivity index (χ2v) is 14.7. The van der Waals surface area contributed by atoms with Crippen LogP contribution in [0.5, 0.6) is 0 Å². The molecule has 1 aliphatic heterocycles. The molecule has 1 aliphatic carbocycles. The molecule has 1 saturated heterocycles. The number of fused-ring (bicyclic) bond motifs is 2. The maximum Gasteiger partial charge on any atom is 0.410 e. The minimum absolute atomic E-state index is 0.0974. The van der Waals surface area contributed by atoms with E-state index in [4.69, 9.17) is 26.2 Å². The Labute approximate surface area is 296 Å². The Bertz CT molecular complexity index is 2160. The van der Waals surface area contributed by atoms with Gasteiger partial charge in [0.2, 0.25) is 0 Å². The molecule has 0 unspecified atom stereocenters. The van der Waals surface area contributed by atoms with E-state index in [1.807, 2.05) is 71.8 Å².